The van der Waals surface area contributed by atoms with Gasteiger partial charge < -0.3 is 28.9 Å². The van der Waals surface area contributed by atoms with Gasteiger partial charge in [-0.2, -0.15) is 0 Å². The van der Waals surface area contributed by atoms with Gasteiger partial charge in [-0.1, -0.05) is 18.2 Å². The SMILES string of the molecule is CNc1nc(C)nc2c1ncn2[C@@H]1O[C@](F)(COP(=S)(N[C@H](C)C(=O)OC)Oc2ccccc2)[C@@H](O)[C@@]1(C)F. The number of fused-ring (bicyclic) bond motifs is 1. The summed E-state index contributed by atoms with van der Waals surface area (Å²) in [6.45, 7) is -0.629. The van der Waals surface area contributed by atoms with Crippen LogP contribution in [0.3, 0.4) is 0 Å². The van der Waals surface area contributed by atoms with E-state index in [-0.39, 0.29) is 11.4 Å². The Balaban J connectivity index is 1.62. The molecule has 4 rings (SSSR count). The molecule has 1 fully saturated rings. The summed E-state index contributed by atoms with van der Waals surface area (Å²) in [6, 6.07) is 7.29. The minimum Gasteiger partial charge on any atom is -0.468 e. The number of rotatable bonds is 10. The number of benzene rings is 1. The molecule has 39 heavy (non-hydrogen) atoms. The molecule has 6 atom stereocenters. The summed E-state index contributed by atoms with van der Waals surface area (Å²) < 4.78 is 55.0. The lowest BCUT2D eigenvalue weighted by Crippen LogP contribution is -2.47. The molecule has 1 aromatic carbocycles. The van der Waals surface area contributed by atoms with Crippen molar-refractivity contribution in [2.24, 2.45) is 0 Å². The fourth-order valence-corrected chi connectivity index (χ4v) is 6.48. The van der Waals surface area contributed by atoms with Crippen molar-refractivity contribution < 1.29 is 37.2 Å². The number of anilines is 1. The number of alkyl halides is 2. The first-order valence-electron chi connectivity index (χ1n) is 11.8. The van der Waals surface area contributed by atoms with Crippen LogP contribution in [0.4, 0.5) is 14.6 Å². The number of hydrogen-bond acceptors (Lipinski definition) is 11. The molecule has 16 heteroatoms. The fraction of sp³-hybridized carbons (Fsp3) is 0.478. The van der Waals surface area contributed by atoms with Crippen LogP contribution in [-0.2, 0) is 30.6 Å². The third-order valence-corrected chi connectivity index (χ3v) is 8.54. The number of aliphatic hydroxyl groups is 1. The molecule has 0 radical (unpaired) electrons. The third-order valence-electron chi connectivity index (χ3n) is 6.06. The number of para-hydroxylation sites is 1. The Hall–Kier alpha value is -2.81. The summed E-state index contributed by atoms with van der Waals surface area (Å²) in [5.74, 6) is -2.72. The molecule has 3 N–H and O–H groups in total. The lowest BCUT2D eigenvalue weighted by Gasteiger charge is -2.30. The molecule has 0 aliphatic carbocycles. The van der Waals surface area contributed by atoms with Crippen molar-refractivity contribution in [1.29, 1.82) is 0 Å². The van der Waals surface area contributed by atoms with Gasteiger partial charge in [-0.05, 0) is 44.7 Å². The largest absolute Gasteiger partial charge is 0.468 e. The lowest BCUT2D eigenvalue weighted by molar-refractivity contribution is -0.202. The number of hydrogen-bond donors (Lipinski definition) is 3. The highest BCUT2D eigenvalue weighted by molar-refractivity contribution is 8.09. The van der Waals surface area contributed by atoms with Crippen LogP contribution in [0.2, 0.25) is 0 Å². The van der Waals surface area contributed by atoms with Gasteiger partial charge in [0.15, 0.2) is 35.0 Å². The topological polar surface area (TPSA) is 142 Å². The van der Waals surface area contributed by atoms with Gasteiger partial charge in [0.1, 0.15) is 24.2 Å². The van der Waals surface area contributed by atoms with E-state index in [2.05, 4.69) is 25.4 Å². The summed E-state index contributed by atoms with van der Waals surface area (Å²) in [5, 5.41) is 16.4. The Morgan fingerprint density at radius 3 is 2.67 bits per heavy atom. The molecule has 0 saturated carbocycles. The number of esters is 1. The number of methoxy groups -OCH3 is 1. The van der Waals surface area contributed by atoms with Crippen LogP contribution in [0.5, 0.6) is 5.75 Å². The Morgan fingerprint density at radius 2 is 2.03 bits per heavy atom. The maximum atomic E-state index is 16.2. The number of aryl methyl sites for hydroxylation is 1. The van der Waals surface area contributed by atoms with Gasteiger partial charge in [0.2, 0.25) is 0 Å². The average molecular weight is 587 g/mol. The molecule has 3 heterocycles. The molecule has 0 bridgehead atoms. The van der Waals surface area contributed by atoms with Gasteiger partial charge in [-0.15, -0.1) is 0 Å². The summed E-state index contributed by atoms with van der Waals surface area (Å²) in [7, 11) is 2.83. The van der Waals surface area contributed by atoms with Gasteiger partial charge in [0.05, 0.1) is 13.4 Å². The zero-order chi connectivity index (χ0) is 28.6. The van der Waals surface area contributed by atoms with Crippen LogP contribution in [0.15, 0.2) is 36.7 Å². The monoisotopic (exact) mass is 586 g/mol. The highest BCUT2D eigenvalue weighted by Gasteiger charge is 2.65. The number of aliphatic hydroxyl groups excluding tert-OH is 1. The van der Waals surface area contributed by atoms with E-state index in [0.29, 0.717) is 17.2 Å². The smallest absolute Gasteiger partial charge is 0.323 e. The van der Waals surface area contributed by atoms with Crippen LogP contribution in [0.25, 0.3) is 11.2 Å². The molecule has 1 aliphatic heterocycles. The van der Waals surface area contributed by atoms with E-state index in [0.717, 1.165) is 6.92 Å². The molecule has 1 unspecified atom stereocenters. The lowest BCUT2D eigenvalue weighted by atomic mass is 9.97. The average Bonchev–Trinajstić information content (AvgIpc) is 3.39. The quantitative estimate of drug-likeness (QED) is 0.238. The van der Waals surface area contributed by atoms with E-state index in [1.165, 1.54) is 24.9 Å². The number of nitrogens with one attached hydrogen (secondary N) is 2. The minimum absolute atomic E-state index is 0.171. The van der Waals surface area contributed by atoms with Crippen LogP contribution < -0.4 is 14.9 Å². The first-order chi connectivity index (χ1) is 18.3. The van der Waals surface area contributed by atoms with Crippen LogP contribution >= 0.6 is 6.64 Å². The second kappa shape index (κ2) is 11.0. The first kappa shape index (κ1) is 29.2. The number of halogens is 2. The van der Waals surface area contributed by atoms with Crippen molar-refractivity contribution in [1.82, 2.24) is 24.6 Å². The molecule has 2 aromatic heterocycles. The molecule has 3 aromatic rings. The Morgan fingerprint density at radius 1 is 1.33 bits per heavy atom. The van der Waals surface area contributed by atoms with E-state index in [1.54, 1.807) is 44.3 Å². The molecule has 212 valence electrons. The van der Waals surface area contributed by atoms with Gasteiger partial charge in [-0.3, -0.25) is 9.36 Å². The predicted molar refractivity (Wildman–Crippen MR) is 141 cm³/mol. The van der Waals surface area contributed by atoms with E-state index < -0.39 is 49.1 Å². The summed E-state index contributed by atoms with van der Waals surface area (Å²) >= 11 is 5.53. The standard InChI is InChI=1S/C23H29F2N6O6PS/c1-13(19(32)34-5)30-38(39,37-15-9-7-6-8-10-15)35-11-23(25)20(33)22(3,24)21(36-23)31-12-27-16-17(26-4)28-14(2)29-18(16)31/h6-10,12-13,20-21,33H,11H2,1-5H3,(H,30,39)(H,26,28,29)/t13-,20+,21-,22-,23-,38?/m1/s1. The van der Waals surface area contributed by atoms with Crippen LogP contribution in [0.1, 0.15) is 25.9 Å². The highest BCUT2D eigenvalue weighted by Crippen LogP contribution is 2.52. The van der Waals surface area contributed by atoms with E-state index in [9.17, 15) is 9.90 Å². The molecule has 0 spiro atoms. The molecule has 1 aliphatic rings. The van der Waals surface area contributed by atoms with Crippen molar-refractivity contribution in [3.05, 3.63) is 42.5 Å². The summed E-state index contributed by atoms with van der Waals surface area (Å²) in [4.78, 5) is 24.8. The van der Waals surface area contributed by atoms with E-state index in [4.69, 9.17) is 30.3 Å². The zero-order valence-corrected chi connectivity index (χ0v) is 23.5. The molecular weight excluding hydrogens is 557 g/mol. The summed E-state index contributed by atoms with van der Waals surface area (Å²) in [6.07, 6.45) is -2.76. The number of ether oxygens (including phenoxy) is 2. The number of carbonyl (C=O) groups excluding carboxylic acids is 1. The van der Waals surface area contributed by atoms with Gasteiger partial charge >= 0.3 is 12.6 Å². The number of carbonyl (C=O) groups is 1. The second-order valence-electron chi connectivity index (χ2n) is 9.05. The molecule has 12 nitrogen and oxygen atoms in total. The fourth-order valence-electron chi connectivity index (χ4n) is 4.08. The second-order valence-corrected chi connectivity index (χ2v) is 12.2. The first-order valence-corrected chi connectivity index (χ1v) is 14.4. The third kappa shape index (κ3) is 5.74. The van der Waals surface area contributed by atoms with Crippen molar-refractivity contribution in [2.45, 2.75) is 50.7 Å². The maximum Gasteiger partial charge on any atom is 0.323 e. The maximum absolute atomic E-state index is 16.2. The van der Waals surface area contributed by atoms with Crippen LogP contribution in [-0.4, -0.2) is 75.0 Å². The van der Waals surface area contributed by atoms with Crippen molar-refractivity contribution >= 4 is 41.4 Å². The Bertz CT molecular complexity index is 1400. The number of nitrogens with zero attached hydrogens (tertiary/aromatic N) is 4. The van der Waals surface area contributed by atoms with Crippen molar-refractivity contribution in [2.75, 3.05) is 26.1 Å². The van der Waals surface area contributed by atoms with Gasteiger partial charge in [-0.25, -0.2) is 28.8 Å². The van der Waals surface area contributed by atoms with E-state index in [1.807, 2.05) is 0 Å². The predicted octanol–water partition coefficient (Wildman–Crippen LogP) is 2.93. The molecule has 0 amide bonds. The highest BCUT2D eigenvalue weighted by atomic mass is 32.5. The number of aromatic nitrogens is 4. The number of imidazole rings is 1. The van der Waals surface area contributed by atoms with Crippen LogP contribution in [0, 0.1) is 6.92 Å². The molecular formula is C23H29F2N6O6PS. The molecule has 1 saturated heterocycles. The van der Waals surface area contributed by atoms with E-state index >= 15 is 8.78 Å². The van der Waals surface area contributed by atoms with Crippen molar-refractivity contribution in [3.63, 3.8) is 0 Å². The summed E-state index contributed by atoms with van der Waals surface area (Å²) in [5.41, 5.74) is -2.18. The Labute approximate surface area is 228 Å². The van der Waals surface area contributed by atoms with Crippen molar-refractivity contribution in [3.8, 4) is 5.75 Å². The minimum atomic E-state index is -3.68. The normalized spacial score (nSPS) is 27.2. The van der Waals surface area contributed by atoms with Gasteiger partial charge in [0.25, 0.3) is 5.85 Å². The van der Waals surface area contributed by atoms with Gasteiger partial charge in [0, 0.05) is 7.05 Å². The Kier molecular flexibility index (Phi) is 8.22. The zero-order valence-electron chi connectivity index (χ0n) is 21.8.